The minimum absolute atomic E-state index is 0.0518. The van der Waals surface area contributed by atoms with Gasteiger partial charge in [0.25, 0.3) is 0 Å². The highest BCUT2D eigenvalue weighted by molar-refractivity contribution is 5.21. The monoisotopic (exact) mass is 155 g/mol. The van der Waals surface area contributed by atoms with Crippen molar-refractivity contribution in [3.63, 3.8) is 0 Å². The van der Waals surface area contributed by atoms with Crippen LogP contribution in [0, 0.1) is 0 Å². The van der Waals surface area contributed by atoms with Gasteiger partial charge >= 0.3 is 0 Å². The van der Waals surface area contributed by atoms with Crippen molar-refractivity contribution < 1.29 is 10.2 Å². The maximum absolute atomic E-state index is 8.86. The molecule has 0 bridgehead atoms. The third-order valence-electron chi connectivity index (χ3n) is 1.81. The number of nitrogens with zero attached hydrogens (tertiary/aromatic N) is 1. The van der Waals surface area contributed by atoms with Gasteiger partial charge in [-0.05, 0) is 11.6 Å². The summed E-state index contributed by atoms with van der Waals surface area (Å²) in [5.41, 5.74) is 1.91. The summed E-state index contributed by atoms with van der Waals surface area (Å²) in [6.45, 7) is 0.182. The molecule has 0 fully saturated rings. The zero-order chi connectivity index (χ0) is 8.27. The molecule has 0 unspecified atom stereocenters. The average Bonchev–Trinajstić information content (AvgIpc) is 2.34. The Bertz CT molecular complexity index is 230. The van der Waals surface area contributed by atoms with Crippen LogP contribution in [0.15, 0.2) is 12.3 Å². The van der Waals surface area contributed by atoms with Crippen molar-refractivity contribution in [2.24, 2.45) is 7.05 Å². The predicted octanol–water partition coefficient (Wildman–Crippen LogP) is 0.0522. The molecule has 1 aromatic heterocycles. The number of rotatable bonds is 3. The first kappa shape index (κ1) is 8.30. The summed E-state index contributed by atoms with van der Waals surface area (Å²) >= 11 is 0. The number of aliphatic hydroxyl groups is 2. The molecule has 0 spiro atoms. The number of hydrogen-bond donors (Lipinski definition) is 2. The molecule has 11 heavy (non-hydrogen) atoms. The Kier molecular flexibility index (Phi) is 2.68. The van der Waals surface area contributed by atoms with Crippen LogP contribution in [-0.4, -0.2) is 21.4 Å². The van der Waals surface area contributed by atoms with Gasteiger partial charge in [-0.15, -0.1) is 0 Å². The maximum Gasteiger partial charge on any atom is 0.0699 e. The quantitative estimate of drug-likeness (QED) is 0.648. The lowest BCUT2D eigenvalue weighted by molar-refractivity contribution is 0.274. The molecule has 0 aromatic carbocycles. The summed E-state index contributed by atoms with van der Waals surface area (Å²) in [7, 11) is 1.91. The molecule has 2 N–H and O–H groups in total. The second-order valence-corrected chi connectivity index (χ2v) is 2.53. The van der Waals surface area contributed by atoms with Crippen LogP contribution < -0.4 is 0 Å². The molecule has 0 saturated carbocycles. The van der Waals surface area contributed by atoms with Crippen molar-refractivity contribution in [1.82, 2.24) is 4.57 Å². The van der Waals surface area contributed by atoms with E-state index in [4.69, 9.17) is 10.2 Å². The molecule has 1 heterocycles. The zero-order valence-electron chi connectivity index (χ0n) is 6.62. The number of hydrogen-bond acceptors (Lipinski definition) is 2. The standard InChI is InChI=1S/C8H13NO2/c1-9-4-2-7(6-11)8(9)3-5-10/h2,4,10-11H,3,5-6H2,1H3. The molecule has 3 heteroatoms. The molecule has 1 rings (SSSR count). The molecule has 0 aliphatic rings. The topological polar surface area (TPSA) is 45.4 Å². The van der Waals surface area contributed by atoms with Crippen molar-refractivity contribution in [3.05, 3.63) is 23.5 Å². The van der Waals surface area contributed by atoms with Gasteiger partial charge in [-0.2, -0.15) is 0 Å². The summed E-state index contributed by atoms with van der Waals surface area (Å²) in [6.07, 6.45) is 2.50. The Balaban J connectivity index is 2.88. The highest BCUT2D eigenvalue weighted by atomic mass is 16.3. The lowest BCUT2D eigenvalue weighted by Gasteiger charge is -2.02. The van der Waals surface area contributed by atoms with Crippen LogP contribution in [0.2, 0.25) is 0 Å². The van der Waals surface area contributed by atoms with Gasteiger partial charge in [-0.1, -0.05) is 0 Å². The average molecular weight is 155 g/mol. The molecule has 0 atom stereocenters. The largest absolute Gasteiger partial charge is 0.396 e. The van der Waals surface area contributed by atoms with E-state index in [1.807, 2.05) is 23.9 Å². The number of aromatic nitrogens is 1. The van der Waals surface area contributed by atoms with E-state index in [1.165, 1.54) is 0 Å². The maximum atomic E-state index is 8.86. The van der Waals surface area contributed by atoms with Gasteiger partial charge in [0, 0.05) is 32.0 Å². The van der Waals surface area contributed by atoms with Gasteiger partial charge < -0.3 is 14.8 Å². The fourth-order valence-corrected chi connectivity index (χ4v) is 1.20. The Morgan fingerprint density at radius 1 is 1.45 bits per heavy atom. The van der Waals surface area contributed by atoms with E-state index in [0.717, 1.165) is 11.3 Å². The minimum Gasteiger partial charge on any atom is -0.396 e. The lowest BCUT2D eigenvalue weighted by atomic mass is 10.2. The first-order chi connectivity index (χ1) is 5.29. The molecule has 0 radical (unpaired) electrons. The molecule has 0 saturated heterocycles. The summed E-state index contributed by atoms with van der Waals surface area (Å²) in [5.74, 6) is 0. The van der Waals surface area contributed by atoms with Crippen LogP contribution in [-0.2, 0) is 20.1 Å². The van der Waals surface area contributed by atoms with Crippen LogP contribution in [0.4, 0.5) is 0 Å². The predicted molar refractivity (Wildman–Crippen MR) is 42.1 cm³/mol. The van der Waals surface area contributed by atoms with E-state index in [2.05, 4.69) is 0 Å². The lowest BCUT2D eigenvalue weighted by Crippen LogP contribution is -2.01. The van der Waals surface area contributed by atoms with Crippen LogP contribution in [0.25, 0.3) is 0 Å². The summed E-state index contributed by atoms with van der Waals surface area (Å²) in [4.78, 5) is 0. The first-order valence-corrected chi connectivity index (χ1v) is 3.64. The summed E-state index contributed by atoms with van der Waals surface area (Å²) in [6, 6.07) is 1.87. The van der Waals surface area contributed by atoms with Crippen molar-refractivity contribution in [3.8, 4) is 0 Å². The molecule has 1 aromatic rings. The number of aryl methyl sites for hydroxylation is 1. The van der Waals surface area contributed by atoms with E-state index in [0.29, 0.717) is 6.42 Å². The van der Waals surface area contributed by atoms with Crippen molar-refractivity contribution >= 4 is 0 Å². The van der Waals surface area contributed by atoms with Crippen molar-refractivity contribution in [2.45, 2.75) is 13.0 Å². The third kappa shape index (κ3) is 1.61. The van der Waals surface area contributed by atoms with E-state index in [-0.39, 0.29) is 13.2 Å². The highest BCUT2D eigenvalue weighted by Gasteiger charge is 2.03. The third-order valence-corrected chi connectivity index (χ3v) is 1.81. The van der Waals surface area contributed by atoms with Gasteiger partial charge in [0.2, 0.25) is 0 Å². The molecular formula is C8H13NO2. The van der Waals surface area contributed by atoms with Gasteiger partial charge in [0.1, 0.15) is 0 Å². The van der Waals surface area contributed by atoms with Gasteiger partial charge in [0.05, 0.1) is 6.61 Å². The fraction of sp³-hybridized carbons (Fsp3) is 0.500. The molecule has 3 nitrogen and oxygen atoms in total. The van der Waals surface area contributed by atoms with Crippen LogP contribution in [0.5, 0.6) is 0 Å². The smallest absolute Gasteiger partial charge is 0.0699 e. The van der Waals surface area contributed by atoms with Crippen molar-refractivity contribution in [1.29, 1.82) is 0 Å². The second-order valence-electron chi connectivity index (χ2n) is 2.53. The summed E-state index contributed by atoms with van der Waals surface area (Å²) < 4.78 is 1.92. The van der Waals surface area contributed by atoms with E-state index in [9.17, 15) is 0 Å². The highest BCUT2D eigenvalue weighted by Crippen LogP contribution is 2.09. The minimum atomic E-state index is 0.0518. The molecule has 0 amide bonds. The molecule has 0 aliphatic heterocycles. The van der Waals surface area contributed by atoms with E-state index >= 15 is 0 Å². The Labute approximate surface area is 65.9 Å². The zero-order valence-corrected chi connectivity index (χ0v) is 6.62. The first-order valence-electron chi connectivity index (χ1n) is 3.64. The molecular weight excluding hydrogens is 142 g/mol. The Morgan fingerprint density at radius 2 is 2.18 bits per heavy atom. The Morgan fingerprint density at radius 3 is 2.73 bits per heavy atom. The SMILES string of the molecule is Cn1ccc(CO)c1CCO. The van der Waals surface area contributed by atoms with Crippen LogP contribution in [0.3, 0.4) is 0 Å². The van der Waals surface area contributed by atoms with Crippen LogP contribution in [0.1, 0.15) is 11.3 Å². The Hall–Kier alpha value is -0.800. The fourth-order valence-electron chi connectivity index (χ4n) is 1.20. The molecule has 62 valence electrons. The van der Waals surface area contributed by atoms with E-state index in [1.54, 1.807) is 0 Å². The van der Waals surface area contributed by atoms with Gasteiger partial charge in [-0.25, -0.2) is 0 Å². The van der Waals surface area contributed by atoms with Crippen molar-refractivity contribution in [2.75, 3.05) is 6.61 Å². The number of aliphatic hydroxyl groups excluding tert-OH is 2. The van der Waals surface area contributed by atoms with Gasteiger partial charge in [-0.3, -0.25) is 0 Å². The normalized spacial score (nSPS) is 10.5. The molecule has 0 aliphatic carbocycles. The van der Waals surface area contributed by atoms with E-state index < -0.39 is 0 Å². The second kappa shape index (κ2) is 3.55. The summed E-state index contributed by atoms with van der Waals surface area (Å²) in [5, 5.41) is 17.6. The van der Waals surface area contributed by atoms with Crippen LogP contribution >= 0.6 is 0 Å². The van der Waals surface area contributed by atoms with Gasteiger partial charge in [0.15, 0.2) is 0 Å².